The van der Waals surface area contributed by atoms with E-state index in [-0.39, 0.29) is 17.4 Å². The molecule has 28 heavy (non-hydrogen) atoms. The van der Waals surface area contributed by atoms with Crippen LogP contribution in [0.2, 0.25) is 0 Å². The lowest BCUT2D eigenvalue weighted by atomic mass is 9.87. The first-order valence-electron chi connectivity index (χ1n) is 9.44. The fourth-order valence-electron chi connectivity index (χ4n) is 3.90. The van der Waals surface area contributed by atoms with E-state index in [1.54, 1.807) is 7.05 Å². The van der Waals surface area contributed by atoms with Crippen LogP contribution in [0.1, 0.15) is 39.7 Å². The van der Waals surface area contributed by atoms with E-state index < -0.39 is 6.10 Å². The predicted molar refractivity (Wildman–Crippen MR) is 110 cm³/mol. The zero-order valence-corrected chi connectivity index (χ0v) is 16.8. The number of nitrogens with zero attached hydrogens (tertiary/aromatic N) is 3. The number of aryl methyl sites for hydroxylation is 2. The molecule has 7 heteroatoms. The number of fused-ring (bicyclic) bond motifs is 1. The number of aliphatic hydroxyl groups excluding tert-OH is 1. The van der Waals surface area contributed by atoms with Gasteiger partial charge in [0.05, 0.1) is 22.7 Å². The Labute approximate surface area is 167 Å². The average Bonchev–Trinajstić information content (AvgIpc) is 3.07. The Morgan fingerprint density at radius 1 is 1.25 bits per heavy atom. The number of likely N-dealkylation sites (tertiary alicyclic amines) is 1. The molecule has 1 fully saturated rings. The first-order chi connectivity index (χ1) is 13.5. The standard InChI is InChI=1S/C21H23N3O3S/c1-13-16-19(22-12-23(2)20(16)26)28-18(13)21(27)24-10-8-15(9-11-24)17(25)14-6-4-3-5-7-14/h3-7,12,15,17,25H,8-11H2,1-2H3. The van der Waals surface area contributed by atoms with Gasteiger partial charge in [0.25, 0.3) is 11.5 Å². The molecule has 1 amide bonds. The Morgan fingerprint density at radius 2 is 1.93 bits per heavy atom. The summed E-state index contributed by atoms with van der Waals surface area (Å²) in [7, 11) is 1.66. The highest BCUT2D eigenvalue weighted by molar-refractivity contribution is 7.20. The third-order valence-corrected chi connectivity index (χ3v) is 6.81. The van der Waals surface area contributed by atoms with E-state index in [0.29, 0.717) is 33.7 Å². The molecule has 0 radical (unpaired) electrons. The highest BCUT2D eigenvalue weighted by Crippen LogP contribution is 2.33. The largest absolute Gasteiger partial charge is 0.388 e. The number of hydrogen-bond acceptors (Lipinski definition) is 5. The first-order valence-corrected chi connectivity index (χ1v) is 10.3. The van der Waals surface area contributed by atoms with E-state index in [0.717, 1.165) is 18.4 Å². The van der Waals surface area contributed by atoms with E-state index in [1.165, 1.54) is 22.2 Å². The van der Waals surface area contributed by atoms with Gasteiger partial charge in [0, 0.05) is 20.1 Å². The molecule has 4 rings (SSSR count). The zero-order chi connectivity index (χ0) is 19.8. The molecule has 2 aromatic heterocycles. The van der Waals surface area contributed by atoms with Crippen LogP contribution >= 0.6 is 11.3 Å². The Balaban J connectivity index is 1.50. The number of hydrogen-bond donors (Lipinski definition) is 1. The molecule has 0 saturated carbocycles. The van der Waals surface area contributed by atoms with Crippen molar-refractivity contribution in [3.05, 3.63) is 63.0 Å². The van der Waals surface area contributed by atoms with Crippen LogP contribution in [0.5, 0.6) is 0 Å². The molecule has 3 aromatic rings. The summed E-state index contributed by atoms with van der Waals surface area (Å²) in [6.07, 6.45) is 2.50. The molecule has 1 aromatic carbocycles. The molecular formula is C21H23N3O3S. The minimum absolute atomic E-state index is 0.0461. The van der Waals surface area contributed by atoms with Gasteiger partial charge in [0.1, 0.15) is 4.83 Å². The van der Waals surface area contributed by atoms with Gasteiger partial charge in [-0.3, -0.25) is 9.59 Å². The summed E-state index contributed by atoms with van der Waals surface area (Å²) in [5.74, 6) is 0.0964. The lowest BCUT2D eigenvalue weighted by Crippen LogP contribution is -2.39. The maximum absolute atomic E-state index is 13.1. The summed E-state index contributed by atoms with van der Waals surface area (Å²) >= 11 is 1.29. The highest BCUT2D eigenvalue weighted by Gasteiger charge is 2.30. The number of benzene rings is 1. The monoisotopic (exact) mass is 397 g/mol. The molecule has 1 N–H and O–H groups in total. The predicted octanol–water partition coefficient (Wildman–Crippen LogP) is 2.89. The smallest absolute Gasteiger partial charge is 0.264 e. The molecule has 3 heterocycles. The lowest BCUT2D eigenvalue weighted by Gasteiger charge is -2.34. The average molecular weight is 398 g/mol. The number of carbonyl (C=O) groups excluding carboxylic acids is 1. The summed E-state index contributed by atoms with van der Waals surface area (Å²) in [5.41, 5.74) is 1.52. The summed E-state index contributed by atoms with van der Waals surface area (Å²) in [4.78, 5) is 32.8. The van der Waals surface area contributed by atoms with E-state index in [4.69, 9.17) is 0 Å². The minimum atomic E-state index is -0.503. The number of piperidine rings is 1. The van der Waals surface area contributed by atoms with Crippen molar-refractivity contribution in [2.75, 3.05) is 13.1 Å². The summed E-state index contributed by atoms with van der Waals surface area (Å²) in [6.45, 7) is 3.03. The van der Waals surface area contributed by atoms with Gasteiger partial charge in [0.15, 0.2) is 0 Å². The number of thiophene rings is 1. The number of rotatable bonds is 3. The summed E-state index contributed by atoms with van der Waals surface area (Å²) in [5, 5.41) is 11.2. The van der Waals surface area contributed by atoms with Crippen molar-refractivity contribution in [1.82, 2.24) is 14.5 Å². The molecule has 1 atom stereocenters. The first kappa shape index (κ1) is 18.8. The molecular weight excluding hydrogens is 374 g/mol. The topological polar surface area (TPSA) is 75.4 Å². The number of aliphatic hydroxyl groups is 1. The molecule has 1 aliphatic heterocycles. The quantitative estimate of drug-likeness (QED) is 0.737. The van der Waals surface area contributed by atoms with Crippen molar-refractivity contribution in [2.45, 2.75) is 25.9 Å². The van der Waals surface area contributed by atoms with Gasteiger partial charge in [-0.2, -0.15) is 0 Å². The van der Waals surface area contributed by atoms with E-state index in [2.05, 4.69) is 4.98 Å². The molecule has 0 spiro atoms. The Bertz CT molecular complexity index is 1070. The van der Waals surface area contributed by atoms with Gasteiger partial charge in [-0.25, -0.2) is 4.98 Å². The van der Waals surface area contributed by atoms with Crippen LogP contribution in [0.4, 0.5) is 0 Å². The fraction of sp³-hybridized carbons (Fsp3) is 0.381. The SMILES string of the molecule is Cc1c(C(=O)N2CCC(C(O)c3ccccc3)CC2)sc2ncn(C)c(=O)c12. The molecule has 0 bridgehead atoms. The van der Waals surface area contributed by atoms with Crippen molar-refractivity contribution in [3.63, 3.8) is 0 Å². The van der Waals surface area contributed by atoms with Crippen molar-refractivity contribution >= 4 is 27.5 Å². The van der Waals surface area contributed by atoms with Gasteiger partial charge in [0.2, 0.25) is 0 Å². The van der Waals surface area contributed by atoms with Crippen molar-refractivity contribution in [1.29, 1.82) is 0 Å². The van der Waals surface area contributed by atoms with Crippen molar-refractivity contribution < 1.29 is 9.90 Å². The zero-order valence-electron chi connectivity index (χ0n) is 16.0. The van der Waals surface area contributed by atoms with Gasteiger partial charge < -0.3 is 14.6 Å². The molecule has 146 valence electrons. The second-order valence-electron chi connectivity index (χ2n) is 7.38. The summed E-state index contributed by atoms with van der Waals surface area (Å²) < 4.78 is 1.44. The van der Waals surface area contributed by atoms with Crippen LogP contribution in [0.25, 0.3) is 10.2 Å². The van der Waals surface area contributed by atoms with E-state index in [9.17, 15) is 14.7 Å². The molecule has 1 unspecified atom stereocenters. The van der Waals surface area contributed by atoms with Gasteiger partial charge in [-0.15, -0.1) is 11.3 Å². The van der Waals surface area contributed by atoms with Gasteiger partial charge in [-0.1, -0.05) is 30.3 Å². The fourth-order valence-corrected chi connectivity index (χ4v) is 5.00. The maximum atomic E-state index is 13.1. The van der Waals surface area contributed by atoms with Crippen molar-refractivity contribution in [2.24, 2.45) is 13.0 Å². The number of amides is 1. The van der Waals surface area contributed by atoms with Crippen LogP contribution in [0.15, 0.2) is 41.5 Å². The molecule has 0 aliphatic carbocycles. The molecule has 1 aliphatic rings. The van der Waals surface area contributed by atoms with Crippen LogP contribution in [-0.4, -0.2) is 38.6 Å². The maximum Gasteiger partial charge on any atom is 0.264 e. The Morgan fingerprint density at radius 3 is 2.61 bits per heavy atom. The van der Waals surface area contributed by atoms with Gasteiger partial charge >= 0.3 is 0 Å². The number of carbonyl (C=O) groups is 1. The van der Waals surface area contributed by atoms with Gasteiger partial charge in [-0.05, 0) is 36.8 Å². The number of aromatic nitrogens is 2. The Hall–Kier alpha value is -2.51. The lowest BCUT2D eigenvalue weighted by molar-refractivity contribution is 0.0465. The Kier molecular flexibility index (Phi) is 5.03. The van der Waals surface area contributed by atoms with Crippen LogP contribution in [0.3, 0.4) is 0 Å². The van der Waals surface area contributed by atoms with Crippen molar-refractivity contribution in [3.8, 4) is 0 Å². The van der Waals surface area contributed by atoms with Crippen LogP contribution < -0.4 is 5.56 Å². The van der Waals surface area contributed by atoms with E-state index >= 15 is 0 Å². The minimum Gasteiger partial charge on any atom is -0.388 e. The third kappa shape index (κ3) is 3.25. The normalized spacial score (nSPS) is 16.5. The highest BCUT2D eigenvalue weighted by atomic mass is 32.1. The second-order valence-corrected chi connectivity index (χ2v) is 8.38. The molecule has 6 nitrogen and oxygen atoms in total. The third-order valence-electron chi connectivity index (χ3n) is 5.62. The molecule has 1 saturated heterocycles. The van der Waals surface area contributed by atoms with E-state index in [1.807, 2.05) is 42.2 Å². The second kappa shape index (κ2) is 7.48. The summed E-state index contributed by atoms with van der Waals surface area (Å²) in [6, 6.07) is 9.68. The van der Waals surface area contributed by atoms with Crippen LogP contribution in [-0.2, 0) is 7.05 Å². The van der Waals surface area contributed by atoms with Crippen LogP contribution in [0, 0.1) is 12.8 Å².